The quantitative estimate of drug-likeness (QED) is 0.838. The van der Waals surface area contributed by atoms with Gasteiger partial charge in [0.1, 0.15) is 0 Å². The van der Waals surface area contributed by atoms with Gasteiger partial charge in [0, 0.05) is 43.4 Å². The predicted molar refractivity (Wildman–Crippen MR) is 77.0 cm³/mol. The number of rotatable bonds is 3. The molecule has 3 rings (SSSR count). The van der Waals surface area contributed by atoms with E-state index in [1.165, 1.54) is 62.4 Å². The average molecular weight is 265 g/mol. The summed E-state index contributed by atoms with van der Waals surface area (Å²) < 4.78 is 2.46. The lowest BCUT2D eigenvalue weighted by Gasteiger charge is -2.29. The van der Waals surface area contributed by atoms with Gasteiger partial charge in [0.15, 0.2) is 0 Å². The summed E-state index contributed by atoms with van der Waals surface area (Å²) in [5.74, 6) is 2.58. The maximum atomic E-state index is 4.39. The van der Waals surface area contributed by atoms with Crippen molar-refractivity contribution < 1.29 is 0 Å². The van der Waals surface area contributed by atoms with Gasteiger partial charge in [-0.1, -0.05) is 19.3 Å². The van der Waals surface area contributed by atoms with E-state index in [0.29, 0.717) is 0 Å². The Morgan fingerprint density at radius 2 is 1.94 bits per heavy atom. The van der Waals surface area contributed by atoms with Crippen LogP contribution in [0.15, 0.2) is 12.5 Å². The molecule has 0 N–H and O–H groups in total. The molecule has 0 amide bonds. The first-order valence-corrected chi connectivity index (χ1v) is 8.40. The average Bonchev–Trinajstić information content (AvgIpc) is 2.89. The second-order valence-corrected chi connectivity index (χ2v) is 6.70. The fourth-order valence-corrected chi connectivity index (χ4v) is 4.11. The van der Waals surface area contributed by atoms with Crippen molar-refractivity contribution in [2.24, 2.45) is 0 Å². The third kappa shape index (κ3) is 2.91. The Bertz CT molecular complexity index is 365. The monoisotopic (exact) mass is 265 g/mol. The number of hydrogen-bond donors (Lipinski definition) is 0. The van der Waals surface area contributed by atoms with Gasteiger partial charge in [-0.15, -0.1) is 0 Å². The smallest absolute Gasteiger partial charge is 0.0951 e. The fourth-order valence-electron chi connectivity index (χ4n) is 3.13. The molecule has 1 aromatic heterocycles. The van der Waals surface area contributed by atoms with E-state index in [9.17, 15) is 0 Å². The summed E-state index contributed by atoms with van der Waals surface area (Å²) in [6, 6.07) is 0.718. The highest BCUT2D eigenvalue weighted by atomic mass is 32.2. The largest absolute Gasteiger partial charge is 0.330 e. The van der Waals surface area contributed by atoms with Gasteiger partial charge in [0.2, 0.25) is 0 Å². The van der Waals surface area contributed by atoms with Crippen LogP contribution in [-0.4, -0.2) is 39.0 Å². The highest BCUT2D eigenvalue weighted by Gasteiger charge is 2.19. The molecule has 0 atom stereocenters. The minimum absolute atomic E-state index is 0.718. The predicted octanol–water partition coefficient (Wildman–Crippen LogP) is 2.94. The number of aromatic nitrogens is 2. The first-order chi connectivity index (χ1) is 8.93. The van der Waals surface area contributed by atoms with Crippen LogP contribution in [0, 0.1) is 0 Å². The fraction of sp³-hybridized carbons (Fsp3) is 0.786. The highest BCUT2D eigenvalue weighted by Crippen LogP contribution is 2.29. The summed E-state index contributed by atoms with van der Waals surface area (Å²) in [7, 11) is 0. The van der Waals surface area contributed by atoms with E-state index in [1.54, 1.807) is 0 Å². The molecule has 0 bridgehead atoms. The maximum absolute atomic E-state index is 4.39. The van der Waals surface area contributed by atoms with Crippen molar-refractivity contribution in [3.63, 3.8) is 0 Å². The van der Waals surface area contributed by atoms with Gasteiger partial charge >= 0.3 is 0 Å². The van der Waals surface area contributed by atoms with Crippen LogP contribution >= 0.6 is 11.8 Å². The lowest BCUT2D eigenvalue weighted by molar-refractivity contribution is 0.273. The van der Waals surface area contributed by atoms with Crippen molar-refractivity contribution in [1.82, 2.24) is 14.5 Å². The Kier molecular flexibility index (Phi) is 4.26. The van der Waals surface area contributed by atoms with E-state index in [0.717, 1.165) is 12.6 Å². The third-order valence-electron chi connectivity index (χ3n) is 4.20. The van der Waals surface area contributed by atoms with Gasteiger partial charge < -0.3 is 4.57 Å². The second-order valence-electron chi connectivity index (χ2n) is 5.47. The van der Waals surface area contributed by atoms with Crippen molar-refractivity contribution in [1.29, 1.82) is 0 Å². The van der Waals surface area contributed by atoms with Crippen LogP contribution in [0.25, 0.3) is 0 Å². The van der Waals surface area contributed by atoms with E-state index in [-0.39, 0.29) is 0 Å². The van der Waals surface area contributed by atoms with Crippen LogP contribution in [0.5, 0.6) is 0 Å². The Hall–Kier alpha value is -0.480. The standard InChI is InChI=1S/C14H23N3S/c1-2-4-13(5-3-1)17-12-15-10-14(17)11-16-6-8-18-9-7-16/h10,12-13H,1-9,11H2. The minimum Gasteiger partial charge on any atom is -0.330 e. The second kappa shape index (κ2) is 6.11. The van der Waals surface area contributed by atoms with E-state index >= 15 is 0 Å². The van der Waals surface area contributed by atoms with E-state index < -0.39 is 0 Å². The van der Waals surface area contributed by atoms with Crippen LogP contribution in [0.2, 0.25) is 0 Å². The highest BCUT2D eigenvalue weighted by molar-refractivity contribution is 7.99. The van der Waals surface area contributed by atoms with Crippen molar-refractivity contribution >= 4 is 11.8 Å². The molecule has 3 nitrogen and oxygen atoms in total. The molecule has 100 valence electrons. The molecule has 2 heterocycles. The maximum Gasteiger partial charge on any atom is 0.0951 e. The van der Waals surface area contributed by atoms with E-state index in [4.69, 9.17) is 0 Å². The molecular weight excluding hydrogens is 242 g/mol. The summed E-state index contributed by atoms with van der Waals surface area (Å²) in [6.45, 7) is 3.57. The molecular formula is C14H23N3S. The van der Waals surface area contributed by atoms with Crippen LogP contribution in [0.3, 0.4) is 0 Å². The molecule has 0 aromatic carbocycles. The molecule has 0 radical (unpaired) electrons. The molecule has 1 aliphatic heterocycles. The summed E-state index contributed by atoms with van der Waals surface area (Å²) in [5, 5.41) is 0. The van der Waals surface area contributed by atoms with Gasteiger partial charge in [-0.25, -0.2) is 4.98 Å². The van der Waals surface area contributed by atoms with Crippen LogP contribution in [0.4, 0.5) is 0 Å². The van der Waals surface area contributed by atoms with Gasteiger partial charge in [-0.3, -0.25) is 4.90 Å². The van der Waals surface area contributed by atoms with Gasteiger partial charge in [0.25, 0.3) is 0 Å². The molecule has 1 aromatic rings. The molecule has 1 aliphatic carbocycles. The Labute approximate surface area is 114 Å². The molecule has 4 heteroatoms. The van der Waals surface area contributed by atoms with E-state index in [2.05, 4.69) is 38.7 Å². The molecule has 1 saturated carbocycles. The summed E-state index contributed by atoms with van der Waals surface area (Å²) in [5.41, 5.74) is 1.42. The van der Waals surface area contributed by atoms with Crippen LogP contribution < -0.4 is 0 Å². The normalized spacial score (nSPS) is 23.3. The van der Waals surface area contributed by atoms with Crippen molar-refractivity contribution in [3.8, 4) is 0 Å². The third-order valence-corrected chi connectivity index (χ3v) is 5.15. The minimum atomic E-state index is 0.718. The zero-order valence-corrected chi connectivity index (χ0v) is 11.9. The molecule has 1 saturated heterocycles. The Balaban J connectivity index is 1.66. The molecule has 2 fully saturated rings. The summed E-state index contributed by atoms with van der Waals surface area (Å²) in [6.07, 6.45) is 11.0. The molecule has 18 heavy (non-hydrogen) atoms. The molecule has 0 unspecified atom stereocenters. The zero-order chi connectivity index (χ0) is 12.2. The van der Waals surface area contributed by atoms with Gasteiger partial charge in [0.05, 0.1) is 12.0 Å². The van der Waals surface area contributed by atoms with Crippen molar-refractivity contribution in [2.45, 2.75) is 44.7 Å². The topological polar surface area (TPSA) is 21.1 Å². The summed E-state index contributed by atoms with van der Waals surface area (Å²) in [4.78, 5) is 6.97. The SMILES string of the molecule is c1ncn(C2CCCCC2)c1CN1CCSCC1. The molecule has 0 spiro atoms. The number of hydrogen-bond acceptors (Lipinski definition) is 3. The summed E-state index contributed by atoms with van der Waals surface area (Å²) >= 11 is 2.08. The lowest BCUT2D eigenvalue weighted by atomic mass is 9.95. The Morgan fingerprint density at radius 3 is 2.72 bits per heavy atom. The van der Waals surface area contributed by atoms with Gasteiger partial charge in [-0.05, 0) is 12.8 Å². The van der Waals surface area contributed by atoms with Crippen molar-refractivity contribution in [3.05, 3.63) is 18.2 Å². The number of thioether (sulfide) groups is 1. The van der Waals surface area contributed by atoms with Crippen LogP contribution in [-0.2, 0) is 6.54 Å². The van der Waals surface area contributed by atoms with Gasteiger partial charge in [-0.2, -0.15) is 11.8 Å². The number of nitrogens with zero attached hydrogens (tertiary/aromatic N) is 3. The number of imidazole rings is 1. The molecule has 2 aliphatic rings. The first-order valence-electron chi connectivity index (χ1n) is 7.24. The van der Waals surface area contributed by atoms with Crippen molar-refractivity contribution in [2.75, 3.05) is 24.6 Å². The zero-order valence-electron chi connectivity index (χ0n) is 11.1. The van der Waals surface area contributed by atoms with E-state index in [1.807, 2.05) is 0 Å². The Morgan fingerprint density at radius 1 is 1.17 bits per heavy atom. The lowest BCUT2D eigenvalue weighted by Crippen LogP contribution is -2.33. The first kappa shape index (κ1) is 12.5. The van der Waals surface area contributed by atoms with Crippen LogP contribution in [0.1, 0.15) is 43.8 Å².